The van der Waals surface area contributed by atoms with Gasteiger partial charge in [0.05, 0.1) is 11.4 Å². The molecule has 0 unspecified atom stereocenters. The van der Waals surface area contributed by atoms with Crippen molar-refractivity contribution in [2.24, 2.45) is 0 Å². The number of benzene rings is 2. The highest BCUT2D eigenvalue weighted by Crippen LogP contribution is 2.26. The van der Waals surface area contributed by atoms with Crippen molar-refractivity contribution in [1.82, 2.24) is 19.9 Å². The van der Waals surface area contributed by atoms with Crippen LogP contribution in [0.4, 0.5) is 0 Å². The number of thioether (sulfide) groups is 1. The zero-order valence-electron chi connectivity index (χ0n) is 15.7. The molecule has 29 heavy (non-hydrogen) atoms. The number of rotatable bonds is 5. The maximum atomic E-state index is 13.4. The lowest BCUT2D eigenvalue weighted by Crippen LogP contribution is -2.40. The summed E-state index contributed by atoms with van der Waals surface area (Å²) in [5, 5.41) is 4.46. The lowest BCUT2D eigenvalue weighted by Gasteiger charge is -2.26. The van der Waals surface area contributed by atoms with Crippen molar-refractivity contribution in [2.45, 2.75) is 30.5 Å². The molecule has 146 valence electrons. The minimum Gasteiger partial charge on any atom is -0.353 e. The summed E-state index contributed by atoms with van der Waals surface area (Å²) in [6.07, 6.45) is 3.26. The number of nitrogens with one attached hydrogen (secondary N) is 2. The summed E-state index contributed by atoms with van der Waals surface area (Å²) in [5.41, 5.74) is 2.54. The predicted octanol–water partition coefficient (Wildman–Crippen LogP) is 3.63. The molecule has 0 radical (unpaired) electrons. The molecule has 1 saturated carbocycles. The molecular weight excluding hydrogens is 384 g/mol. The summed E-state index contributed by atoms with van der Waals surface area (Å²) in [6, 6.07) is 17.4. The van der Waals surface area contributed by atoms with Gasteiger partial charge >= 0.3 is 0 Å². The molecule has 0 saturated heterocycles. The quantitative estimate of drug-likeness (QED) is 0.393. The second-order valence-electron chi connectivity index (χ2n) is 7.25. The highest BCUT2D eigenvalue weighted by Gasteiger charge is 2.21. The molecule has 2 heterocycles. The van der Waals surface area contributed by atoms with Crippen LogP contribution < -0.4 is 10.9 Å². The Kier molecular flexibility index (Phi) is 4.60. The van der Waals surface area contributed by atoms with Crippen LogP contribution in [0.2, 0.25) is 0 Å². The average molecular weight is 404 g/mol. The number of aromatic amines is 1. The van der Waals surface area contributed by atoms with E-state index in [0.717, 1.165) is 29.4 Å². The number of aromatic nitrogens is 3. The number of hydrogen-bond donors (Lipinski definition) is 2. The molecule has 1 aliphatic carbocycles. The van der Waals surface area contributed by atoms with Crippen LogP contribution in [0.1, 0.15) is 19.3 Å². The topological polar surface area (TPSA) is 79.8 Å². The van der Waals surface area contributed by atoms with Gasteiger partial charge in [-0.25, -0.2) is 4.98 Å². The molecule has 6 nitrogen and oxygen atoms in total. The second kappa shape index (κ2) is 7.40. The Labute approximate surface area is 171 Å². The predicted molar refractivity (Wildman–Crippen MR) is 116 cm³/mol. The summed E-state index contributed by atoms with van der Waals surface area (Å²) >= 11 is 1.29. The van der Waals surface area contributed by atoms with Gasteiger partial charge in [-0.05, 0) is 37.5 Å². The van der Waals surface area contributed by atoms with Crippen LogP contribution in [-0.4, -0.2) is 32.2 Å². The molecule has 7 heteroatoms. The van der Waals surface area contributed by atoms with E-state index in [2.05, 4.69) is 10.3 Å². The number of carbonyl (C=O) groups is 1. The lowest BCUT2D eigenvalue weighted by molar-refractivity contribution is -0.119. The van der Waals surface area contributed by atoms with Gasteiger partial charge in [-0.2, -0.15) is 0 Å². The van der Waals surface area contributed by atoms with E-state index in [1.807, 2.05) is 54.6 Å². The number of H-pyrrole nitrogens is 1. The molecule has 0 atom stereocenters. The van der Waals surface area contributed by atoms with E-state index >= 15 is 0 Å². The SMILES string of the molecule is O=C(CSc1nc2c([nH]c3ccccc32)c(=O)n1-c1ccccc1)NC1CCC1. The zero-order valence-corrected chi connectivity index (χ0v) is 16.5. The molecule has 0 spiro atoms. The Morgan fingerprint density at radius 1 is 1.14 bits per heavy atom. The second-order valence-corrected chi connectivity index (χ2v) is 8.19. The van der Waals surface area contributed by atoms with Gasteiger partial charge in [0.2, 0.25) is 5.91 Å². The molecule has 1 fully saturated rings. The summed E-state index contributed by atoms with van der Waals surface area (Å²) in [5.74, 6) is 0.205. The summed E-state index contributed by atoms with van der Waals surface area (Å²) in [4.78, 5) is 33.7. The third kappa shape index (κ3) is 3.31. The molecule has 2 aromatic heterocycles. The third-order valence-electron chi connectivity index (χ3n) is 5.31. The maximum absolute atomic E-state index is 13.4. The van der Waals surface area contributed by atoms with E-state index in [0.29, 0.717) is 22.2 Å². The largest absolute Gasteiger partial charge is 0.353 e. The third-order valence-corrected chi connectivity index (χ3v) is 6.25. The van der Waals surface area contributed by atoms with Crippen molar-refractivity contribution in [3.63, 3.8) is 0 Å². The highest BCUT2D eigenvalue weighted by atomic mass is 32.2. The number of hydrogen-bond acceptors (Lipinski definition) is 4. The van der Waals surface area contributed by atoms with Gasteiger partial charge in [-0.15, -0.1) is 0 Å². The van der Waals surface area contributed by atoms with Crippen molar-refractivity contribution in [3.05, 3.63) is 65.0 Å². The monoisotopic (exact) mass is 404 g/mol. The smallest absolute Gasteiger partial charge is 0.283 e. The van der Waals surface area contributed by atoms with Crippen LogP contribution >= 0.6 is 11.8 Å². The zero-order chi connectivity index (χ0) is 19.8. The molecule has 1 amide bonds. The number of nitrogens with zero attached hydrogens (tertiary/aromatic N) is 2. The van der Waals surface area contributed by atoms with Crippen LogP contribution in [0.25, 0.3) is 27.6 Å². The van der Waals surface area contributed by atoms with Crippen molar-refractivity contribution >= 4 is 39.6 Å². The first-order valence-corrected chi connectivity index (χ1v) is 10.7. The number of carbonyl (C=O) groups excluding carboxylic acids is 1. The Bertz CT molecular complexity index is 1260. The van der Waals surface area contributed by atoms with Crippen LogP contribution in [-0.2, 0) is 4.79 Å². The van der Waals surface area contributed by atoms with Gasteiger partial charge in [0.25, 0.3) is 5.56 Å². The van der Waals surface area contributed by atoms with E-state index in [4.69, 9.17) is 4.98 Å². The Morgan fingerprint density at radius 3 is 2.66 bits per heavy atom. The fraction of sp³-hybridized carbons (Fsp3) is 0.227. The van der Waals surface area contributed by atoms with Gasteiger partial charge in [0.15, 0.2) is 5.16 Å². The summed E-state index contributed by atoms with van der Waals surface area (Å²) in [7, 11) is 0. The first-order valence-electron chi connectivity index (χ1n) is 9.72. The Balaban J connectivity index is 1.60. The van der Waals surface area contributed by atoms with Crippen LogP contribution in [0, 0.1) is 0 Å². The van der Waals surface area contributed by atoms with E-state index in [1.54, 1.807) is 4.57 Å². The van der Waals surface area contributed by atoms with Crippen molar-refractivity contribution in [2.75, 3.05) is 5.75 Å². The van der Waals surface area contributed by atoms with Gasteiger partial charge in [0.1, 0.15) is 11.0 Å². The normalized spacial score (nSPS) is 14.2. The fourth-order valence-corrected chi connectivity index (χ4v) is 4.41. The van der Waals surface area contributed by atoms with Crippen molar-refractivity contribution in [1.29, 1.82) is 0 Å². The minimum atomic E-state index is -0.167. The standard InChI is InChI=1S/C22H20N4O2S/c27-18(23-14-7-6-8-14)13-29-22-25-19-16-11-4-5-12-17(16)24-20(19)21(28)26(22)15-9-2-1-3-10-15/h1-5,9-12,14,24H,6-8,13H2,(H,23,27). The molecule has 4 aromatic rings. The number of amides is 1. The molecule has 0 bridgehead atoms. The van der Waals surface area contributed by atoms with E-state index in [-0.39, 0.29) is 17.2 Å². The Hall–Kier alpha value is -3.06. The van der Waals surface area contributed by atoms with Gasteiger partial charge < -0.3 is 10.3 Å². The van der Waals surface area contributed by atoms with Gasteiger partial charge in [-0.1, -0.05) is 48.2 Å². The van der Waals surface area contributed by atoms with Gasteiger partial charge in [0, 0.05) is 16.9 Å². The van der Waals surface area contributed by atoms with Gasteiger partial charge in [-0.3, -0.25) is 14.2 Å². The van der Waals surface area contributed by atoms with E-state index in [9.17, 15) is 9.59 Å². The summed E-state index contributed by atoms with van der Waals surface area (Å²) < 4.78 is 1.58. The molecular formula is C22H20N4O2S. The first-order chi connectivity index (χ1) is 14.2. The highest BCUT2D eigenvalue weighted by molar-refractivity contribution is 7.99. The average Bonchev–Trinajstić information content (AvgIpc) is 3.09. The first kappa shape index (κ1) is 18.0. The maximum Gasteiger partial charge on any atom is 0.283 e. The molecule has 1 aliphatic rings. The van der Waals surface area contributed by atoms with Crippen molar-refractivity contribution in [3.8, 4) is 5.69 Å². The molecule has 2 aromatic carbocycles. The molecule has 5 rings (SSSR count). The lowest BCUT2D eigenvalue weighted by atomic mass is 9.93. The number of para-hydroxylation sites is 2. The molecule has 2 N–H and O–H groups in total. The molecule has 0 aliphatic heterocycles. The fourth-order valence-electron chi connectivity index (χ4n) is 3.60. The van der Waals surface area contributed by atoms with Crippen LogP contribution in [0.3, 0.4) is 0 Å². The Morgan fingerprint density at radius 2 is 1.90 bits per heavy atom. The van der Waals surface area contributed by atoms with Crippen LogP contribution in [0.15, 0.2) is 64.5 Å². The van der Waals surface area contributed by atoms with Crippen molar-refractivity contribution < 1.29 is 4.79 Å². The summed E-state index contributed by atoms with van der Waals surface area (Å²) in [6.45, 7) is 0. The minimum absolute atomic E-state index is 0.0208. The van der Waals surface area contributed by atoms with E-state index < -0.39 is 0 Å². The van der Waals surface area contributed by atoms with E-state index in [1.165, 1.54) is 18.2 Å². The number of fused-ring (bicyclic) bond motifs is 3. The van der Waals surface area contributed by atoms with Crippen LogP contribution in [0.5, 0.6) is 0 Å².